The summed E-state index contributed by atoms with van der Waals surface area (Å²) in [6, 6.07) is 5.21. The molecule has 1 N–H and O–H groups in total. The van der Waals surface area contributed by atoms with Crippen LogP contribution in [0.25, 0.3) is 0 Å². The van der Waals surface area contributed by atoms with Gasteiger partial charge in [-0.25, -0.2) is 4.39 Å². The predicted octanol–water partition coefficient (Wildman–Crippen LogP) is 2.71. The van der Waals surface area contributed by atoms with Gasteiger partial charge in [0.25, 0.3) is 0 Å². The van der Waals surface area contributed by atoms with Crippen molar-refractivity contribution in [2.75, 3.05) is 19.8 Å². The van der Waals surface area contributed by atoms with Crippen molar-refractivity contribution in [2.24, 2.45) is 5.41 Å². The Balaban J connectivity index is 1.83. The maximum atomic E-state index is 13.2. The second-order valence-corrected chi connectivity index (χ2v) is 5.51. The van der Waals surface area contributed by atoms with Crippen molar-refractivity contribution in [3.63, 3.8) is 0 Å². The van der Waals surface area contributed by atoms with Crippen molar-refractivity contribution in [3.8, 4) is 0 Å². The number of hydrogen-bond donors (Lipinski definition) is 1. The highest BCUT2D eigenvalue weighted by Gasteiger charge is 2.32. The Hall–Kier alpha value is -0.450. The first-order valence-corrected chi connectivity index (χ1v) is 6.11. The molecular weight excluding hydrogens is 273 g/mol. The lowest BCUT2D eigenvalue weighted by molar-refractivity contribution is -0.0991. The molecule has 1 fully saturated rings. The highest BCUT2D eigenvalue weighted by molar-refractivity contribution is 9.10. The molecule has 1 aromatic carbocycles. The third-order valence-electron chi connectivity index (χ3n) is 2.77. The van der Waals surface area contributed by atoms with E-state index in [1.54, 1.807) is 12.1 Å². The van der Waals surface area contributed by atoms with Gasteiger partial charge in [-0.1, -0.05) is 13.0 Å². The summed E-state index contributed by atoms with van der Waals surface area (Å²) in [5.74, 6) is -0.211. The second kappa shape index (κ2) is 4.82. The largest absolute Gasteiger partial charge is 0.380 e. The van der Waals surface area contributed by atoms with E-state index in [1.807, 2.05) is 6.07 Å². The van der Waals surface area contributed by atoms with Gasteiger partial charge in [0.05, 0.1) is 17.7 Å². The van der Waals surface area contributed by atoms with Crippen LogP contribution >= 0.6 is 15.9 Å². The van der Waals surface area contributed by atoms with Crippen LogP contribution < -0.4 is 5.32 Å². The standard InChI is InChI=1S/C12H15BrFNO/c1-12(7-16-8-12)6-15-5-9-2-3-10(13)11(14)4-9/h2-4,15H,5-8H2,1H3. The summed E-state index contributed by atoms with van der Waals surface area (Å²) in [5, 5.41) is 3.33. The Morgan fingerprint density at radius 2 is 2.25 bits per heavy atom. The van der Waals surface area contributed by atoms with Gasteiger partial charge in [0, 0.05) is 18.5 Å². The zero-order valence-electron chi connectivity index (χ0n) is 9.22. The molecule has 88 valence electrons. The topological polar surface area (TPSA) is 21.3 Å². The molecule has 0 unspecified atom stereocenters. The highest BCUT2D eigenvalue weighted by atomic mass is 79.9. The molecule has 0 spiro atoms. The van der Waals surface area contributed by atoms with Crippen LogP contribution in [0.2, 0.25) is 0 Å². The van der Waals surface area contributed by atoms with Crippen LogP contribution in [-0.2, 0) is 11.3 Å². The summed E-state index contributed by atoms with van der Waals surface area (Å²) >= 11 is 3.14. The molecule has 1 aromatic rings. The van der Waals surface area contributed by atoms with Gasteiger partial charge in [0.2, 0.25) is 0 Å². The molecule has 1 aliphatic rings. The number of ether oxygens (including phenoxy) is 1. The lowest BCUT2D eigenvalue weighted by Gasteiger charge is -2.38. The van der Waals surface area contributed by atoms with E-state index < -0.39 is 0 Å². The van der Waals surface area contributed by atoms with E-state index in [0.717, 1.165) is 25.3 Å². The van der Waals surface area contributed by atoms with Crippen molar-refractivity contribution in [1.29, 1.82) is 0 Å². The lowest BCUT2D eigenvalue weighted by Crippen LogP contribution is -2.47. The smallest absolute Gasteiger partial charge is 0.137 e. The number of nitrogens with one attached hydrogen (secondary N) is 1. The zero-order chi connectivity index (χ0) is 11.6. The van der Waals surface area contributed by atoms with E-state index in [1.165, 1.54) is 0 Å². The van der Waals surface area contributed by atoms with E-state index in [9.17, 15) is 4.39 Å². The van der Waals surface area contributed by atoms with E-state index in [0.29, 0.717) is 11.0 Å². The Morgan fingerprint density at radius 1 is 1.50 bits per heavy atom. The number of benzene rings is 1. The van der Waals surface area contributed by atoms with Gasteiger partial charge in [-0.3, -0.25) is 0 Å². The third kappa shape index (κ3) is 2.81. The molecule has 0 radical (unpaired) electrons. The summed E-state index contributed by atoms with van der Waals surface area (Å²) in [6.45, 7) is 5.42. The number of hydrogen-bond acceptors (Lipinski definition) is 2. The molecule has 1 saturated heterocycles. The molecule has 0 saturated carbocycles. The molecule has 16 heavy (non-hydrogen) atoms. The van der Waals surface area contributed by atoms with Crippen LogP contribution in [-0.4, -0.2) is 19.8 Å². The summed E-state index contributed by atoms with van der Waals surface area (Å²) in [7, 11) is 0. The molecule has 1 heterocycles. The van der Waals surface area contributed by atoms with Crippen molar-refractivity contribution in [3.05, 3.63) is 34.1 Å². The van der Waals surface area contributed by atoms with Gasteiger partial charge >= 0.3 is 0 Å². The fourth-order valence-electron chi connectivity index (χ4n) is 1.71. The Morgan fingerprint density at radius 3 is 2.81 bits per heavy atom. The molecule has 0 amide bonds. The first kappa shape index (κ1) is 12.0. The maximum absolute atomic E-state index is 13.2. The summed E-state index contributed by atoms with van der Waals surface area (Å²) in [4.78, 5) is 0. The fraction of sp³-hybridized carbons (Fsp3) is 0.500. The van der Waals surface area contributed by atoms with E-state index >= 15 is 0 Å². The van der Waals surface area contributed by atoms with Crippen molar-refractivity contribution < 1.29 is 9.13 Å². The quantitative estimate of drug-likeness (QED) is 0.919. The van der Waals surface area contributed by atoms with E-state index in [-0.39, 0.29) is 11.2 Å². The molecule has 0 bridgehead atoms. The van der Waals surface area contributed by atoms with Crippen LogP contribution in [0.3, 0.4) is 0 Å². The van der Waals surface area contributed by atoms with Crippen LogP contribution in [0.15, 0.2) is 22.7 Å². The Bertz CT molecular complexity index is 379. The first-order chi connectivity index (χ1) is 7.59. The third-order valence-corrected chi connectivity index (χ3v) is 3.41. The van der Waals surface area contributed by atoms with Gasteiger partial charge in [-0.15, -0.1) is 0 Å². The molecule has 1 aliphatic heterocycles. The first-order valence-electron chi connectivity index (χ1n) is 5.31. The maximum Gasteiger partial charge on any atom is 0.137 e. The van der Waals surface area contributed by atoms with E-state index in [4.69, 9.17) is 4.74 Å². The van der Waals surface area contributed by atoms with Crippen molar-refractivity contribution in [2.45, 2.75) is 13.5 Å². The number of halogens is 2. The molecular formula is C12H15BrFNO. The number of rotatable bonds is 4. The van der Waals surface area contributed by atoms with Gasteiger partial charge in [-0.2, -0.15) is 0 Å². The summed E-state index contributed by atoms with van der Waals surface area (Å²) < 4.78 is 18.9. The van der Waals surface area contributed by atoms with Gasteiger partial charge < -0.3 is 10.1 Å². The molecule has 2 nitrogen and oxygen atoms in total. The predicted molar refractivity (Wildman–Crippen MR) is 64.7 cm³/mol. The van der Waals surface area contributed by atoms with Crippen molar-refractivity contribution >= 4 is 15.9 Å². The summed E-state index contributed by atoms with van der Waals surface area (Å²) in [6.07, 6.45) is 0. The van der Waals surface area contributed by atoms with Crippen molar-refractivity contribution in [1.82, 2.24) is 5.32 Å². The lowest BCUT2D eigenvalue weighted by atomic mass is 9.89. The van der Waals surface area contributed by atoms with Gasteiger partial charge in [0.1, 0.15) is 5.82 Å². The van der Waals surface area contributed by atoms with E-state index in [2.05, 4.69) is 28.2 Å². The minimum atomic E-state index is -0.211. The average molecular weight is 288 g/mol. The zero-order valence-corrected chi connectivity index (χ0v) is 10.8. The minimum Gasteiger partial charge on any atom is -0.380 e. The SMILES string of the molecule is CC1(CNCc2ccc(Br)c(F)c2)COC1. The van der Waals surface area contributed by atoms with Gasteiger partial charge in [0.15, 0.2) is 0 Å². The minimum absolute atomic E-state index is 0.211. The molecule has 4 heteroatoms. The normalized spacial score (nSPS) is 18.2. The van der Waals surface area contributed by atoms with Crippen LogP contribution in [0, 0.1) is 11.2 Å². The Labute approximate surface area is 103 Å². The van der Waals surface area contributed by atoms with Crippen LogP contribution in [0.4, 0.5) is 4.39 Å². The molecule has 0 atom stereocenters. The molecule has 0 aliphatic carbocycles. The van der Waals surface area contributed by atoms with Crippen LogP contribution in [0.5, 0.6) is 0 Å². The monoisotopic (exact) mass is 287 g/mol. The average Bonchev–Trinajstić information content (AvgIpc) is 2.21. The second-order valence-electron chi connectivity index (χ2n) is 4.66. The van der Waals surface area contributed by atoms with Crippen LogP contribution in [0.1, 0.15) is 12.5 Å². The fourth-order valence-corrected chi connectivity index (χ4v) is 1.96. The van der Waals surface area contributed by atoms with Gasteiger partial charge in [-0.05, 0) is 33.6 Å². The summed E-state index contributed by atoms with van der Waals surface area (Å²) in [5.41, 5.74) is 1.22. The molecule has 0 aromatic heterocycles. The highest BCUT2D eigenvalue weighted by Crippen LogP contribution is 2.25. The molecule has 2 rings (SSSR count). The Kier molecular flexibility index (Phi) is 3.62.